The normalized spacial score (nSPS) is 11.2. The van der Waals surface area contributed by atoms with Gasteiger partial charge in [0, 0.05) is 0 Å². The Hall–Kier alpha value is -3.85. The Morgan fingerprint density at radius 1 is 1.00 bits per heavy atom. The number of rotatable bonds is 6. The van der Waals surface area contributed by atoms with Crippen LogP contribution in [0.1, 0.15) is 11.1 Å². The number of amides is 1. The van der Waals surface area contributed by atoms with E-state index < -0.39 is 11.7 Å². The van der Waals surface area contributed by atoms with E-state index in [4.69, 9.17) is 27.9 Å². The summed E-state index contributed by atoms with van der Waals surface area (Å²) in [6.45, 7) is 0.254. The van der Waals surface area contributed by atoms with Gasteiger partial charge in [-0.15, -0.1) is 0 Å². The minimum atomic E-state index is -0.754. The highest BCUT2D eigenvalue weighted by Gasteiger charge is 2.14. The van der Waals surface area contributed by atoms with Crippen LogP contribution in [0.5, 0.6) is 5.75 Å². The number of carbonyl (C=O) groups is 1. The first kappa shape index (κ1) is 23.3. The van der Waals surface area contributed by atoms with Gasteiger partial charge < -0.3 is 10.1 Å². The van der Waals surface area contributed by atoms with Crippen LogP contribution in [0.4, 0.5) is 10.1 Å². The fraction of sp³-hybridized carbons (Fsp3) is 0.0370. The average Bonchev–Trinajstić information content (AvgIpc) is 2.83. The standard InChI is InChI=1S/C27H17Cl2FN2O2/c28-22-13-17(12-20(15-31)27(33)32-25-11-4-3-10-24(25)30)14-23(29)26(22)34-16-19-8-5-7-18-6-1-2-9-21(18)19/h1-14H,16H2,(H,32,33)/b20-12-. The molecular weight excluding hydrogens is 474 g/mol. The molecule has 0 aliphatic carbocycles. The van der Waals surface area contributed by atoms with Crippen LogP contribution in [0.25, 0.3) is 16.8 Å². The summed E-state index contributed by atoms with van der Waals surface area (Å²) >= 11 is 12.8. The van der Waals surface area contributed by atoms with Gasteiger partial charge in [0.05, 0.1) is 15.7 Å². The molecule has 0 spiro atoms. The van der Waals surface area contributed by atoms with E-state index in [0.29, 0.717) is 11.3 Å². The zero-order valence-electron chi connectivity index (χ0n) is 17.7. The number of fused-ring (bicyclic) bond motifs is 1. The molecule has 7 heteroatoms. The largest absolute Gasteiger partial charge is 0.486 e. The Bertz CT molecular complexity index is 1430. The van der Waals surface area contributed by atoms with E-state index >= 15 is 0 Å². The molecule has 4 nitrogen and oxygen atoms in total. The van der Waals surface area contributed by atoms with Crippen molar-refractivity contribution in [2.75, 3.05) is 5.32 Å². The maximum atomic E-state index is 13.8. The molecule has 168 valence electrons. The van der Waals surface area contributed by atoms with Crippen molar-refractivity contribution in [3.8, 4) is 11.8 Å². The summed E-state index contributed by atoms with van der Waals surface area (Å²) < 4.78 is 19.7. The molecule has 0 aliphatic heterocycles. The molecule has 34 heavy (non-hydrogen) atoms. The van der Waals surface area contributed by atoms with Gasteiger partial charge in [0.2, 0.25) is 0 Å². The smallest absolute Gasteiger partial charge is 0.266 e. The van der Waals surface area contributed by atoms with E-state index in [0.717, 1.165) is 16.3 Å². The van der Waals surface area contributed by atoms with E-state index in [1.54, 1.807) is 18.2 Å². The maximum absolute atomic E-state index is 13.8. The maximum Gasteiger partial charge on any atom is 0.266 e. The molecule has 0 saturated carbocycles. The van der Waals surface area contributed by atoms with Gasteiger partial charge in [-0.05, 0) is 52.2 Å². The molecule has 4 rings (SSSR count). The molecule has 0 aliphatic rings. The van der Waals surface area contributed by atoms with E-state index in [1.165, 1.54) is 24.3 Å². The Kier molecular flexibility index (Phi) is 7.12. The van der Waals surface area contributed by atoms with Gasteiger partial charge in [-0.1, -0.05) is 77.8 Å². The fourth-order valence-corrected chi connectivity index (χ4v) is 4.05. The second kappa shape index (κ2) is 10.4. The van der Waals surface area contributed by atoms with E-state index in [9.17, 15) is 14.4 Å². The van der Waals surface area contributed by atoms with Crippen molar-refractivity contribution in [2.24, 2.45) is 0 Å². The molecule has 1 amide bonds. The third-order valence-corrected chi connectivity index (χ3v) is 5.63. The lowest BCUT2D eigenvalue weighted by molar-refractivity contribution is -0.112. The van der Waals surface area contributed by atoms with Crippen LogP contribution >= 0.6 is 23.2 Å². The number of nitriles is 1. The predicted molar refractivity (Wildman–Crippen MR) is 133 cm³/mol. The molecule has 4 aromatic carbocycles. The second-order valence-corrected chi connectivity index (χ2v) is 8.16. The Labute approximate surface area is 205 Å². The first-order chi connectivity index (χ1) is 16.5. The lowest BCUT2D eigenvalue weighted by Gasteiger charge is -2.13. The number of nitrogens with one attached hydrogen (secondary N) is 1. The van der Waals surface area contributed by atoms with Crippen LogP contribution in [0.3, 0.4) is 0 Å². The number of ether oxygens (including phenoxy) is 1. The molecule has 0 radical (unpaired) electrons. The molecule has 1 N–H and O–H groups in total. The summed E-state index contributed by atoms with van der Waals surface area (Å²) in [6.07, 6.45) is 1.32. The Balaban J connectivity index is 1.54. The number of para-hydroxylation sites is 1. The second-order valence-electron chi connectivity index (χ2n) is 7.34. The number of hydrogen-bond acceptors (Lipinski definition) is 3. The first-order valence-corrected chi connectivity index (χ1v) is 11.0. The van der Waals surface area contributed by atoms with Gasteiger partial charge in [0.15, 0.2) is 5.75 Å². The van der Waals surface area contributed by atoms with Crippen molar-refractivity contribution in [1.29, 1.82) is 5.26 Å². The first-order valence-electron chi connectivity index (χ1n) is 10.2. The third-order valence-electron chi connectivity index (χ3n) is 5.07. The molecule has 0 saturated heterocycles. The Morgan fingerprint density at radius 2 is 1.68 bits per heavy atom. The van der Waals surface area contributed by atoms with Crippen molar-refractivity contribution >= 4 is 51.6 Å². The zero-order valence-corrected chi connectivity index (χ0v) is 19.2. The van der Waals surface area contributed by atoms with Crippen molar-refractivity contribution in [2.45, 2.75) is 6.61 Å². The van der Waals surface area contributed by atoms with Crippen molar-refractivity contribution in [3.63, 3.8) is 0 Å². The van der Waals surface area contributed by atoms with E-state index in [-0.39, 0.29) is 27.9 Å². The highest BCUT2D eigenvalue weighted by Crippen LogP contribution is 2.36. The number of nitrogens with zero attached hydrogens (tertiary/aromatic N) is 1. The zero-order chi connectivity index (χ0) is 24.1. The monoisotopic (exact) mass is 490 g/mol. The molecule has 0 unspecified atom stereocenters. The lowest BCUT2D eigenvalue weighted by Crippen LogP contribution is -2.14. The SMILES string of the molecule is N#C/C(=C/c1cc(Cl)c(OCc2cccc3ccccc23)c(Cl)c1)C(=O)Nc1ccccc1F. The van der Waals surface area contributed by atoms with Gasteiger partial charge in [-0.25, -0.2) is 4.39 Å². The molecule has 0 fully saturated rings. The predicted octanol–water partition coefficient (Wildman–Crippen LogP) is 7.41. The van der Waals surface area contributed by atoms with E-state index in [2.05, 4.69) is 5.32 Å². The van der Waals surface area contributed by atoms with Gasteiger partial charge in [-0.2, -0.15) is 5.26 Å². The van der Waals surface area contributed by atoms with Crippen molar-refractivity contribution in [1.82, 2.24) is 0 Å². The van der Waals surface area contributed by atoms with Crippen LogP contribution in [-0.4, -0.2) is 5.91 Å². The van der Waals surface area contributed by atoms with Crippen LogP contribution in [0.2, 0.25) is 10.0 Å². The van der Waals surface area contributed by atoms with Crippen LogP contribution < -0.4 is 10.1 Å². The number of halogens is 3. The topological polar surface area (TPSA) is 62.1 Å². The van der Waals surface area contributed by atoms with Crippen molar-refractivity contribution < 1.29 is 13.9 Å². The number of carbonyl (C=O) groups excluding carboxylic acids is 1. The van der Waals surface area contributed by atoms with Gasteiger partial charge in [-0.3, -0.25) is 4.79 Å². The molecule has 4 aromatic rings. The van der Waals surface area contributed by atoms with Gasteiger partial charge in [0.25, 0.3) is 5.91 Å². The van der Waals surface area contributed by atoms with Gasteiger partial charge in [0.1, 0.15) is 24.1 Å². The van der Waals surface area contributed by atoms with Gasteiger partial charge >= 0.3 is 0 Å². The molecule has 0 heterocycles. The summed E-state index contributed by atoms with van der Waals surface area (Å²) in [6, 6.07) is 24.5. The minimum Gasteiger partial charge on any atom is -0.486 e. The summed E-state index contributed by atoms with van der Waals surface area (Å²) in [5, 5.41) is 14.4. The number of anilines is 1. The van der Waals surface area contributed by atoms with Crippen LogP contribution in [-0.2, 0) is 11.4 Å². The average molecular weight is 491 g/mol. The highest BCUT2D eigenvalue weighted by molar-refractivity contribution is 6.37. The summed E-state index contributed by atoms with van der Waals surface area (Å²) in [4.78, 5) is 12.4. The number of hydrogen-bond donors (Lipinski definition) is 1. The molecule has 0 bridgehead atoms. The number of benzene rings is 4. The summed E-state index contributed by atoms with van der Waals surface area (Å²) in [7, 11) is 0. The highest BCUT2D eigenvalue weighted by atomic mass is 35.5. The molecule has 0 atom stereocenters. The summed E-state index contributed by atoms with van der Waals surface area (Å²) in [5.41, 5.74) is 1.14. The third kappa shape index (κ3) is 5.20. The molecule has 0 aromatic heterocycles. The fourth-order valence-electron chi connectivity index (χ4n) is 3.44. The van der Waals surface area contributed by atoms with Crippen molar-refractivity contribution in [3.05, 3.63) is 111 Å². The Morgan fingerprint density at radius 3 is 2.41 bits per heavy atom. The van der Waals surface area contributed by atoms with E-state index in [1.807, 2.05) is 48.5 Å². The van der Waals surface area contributed by atoms with Crippen LogP contribution in [0, 0.1) is 17.1 Å². The summed E-state index contributed by atoms with van der Waals surface area (Å²) in [5.74, 6) is -1.06. The molecular formula is C27H17Cl2FN2O2. The quantitative estimate of drug-likeness (QED) is 0.226. The van der Waals surface area contributed by atoms with Crippen LogP contribution in [0.15, 0.2) is 84.4 Å². The minimum absolute atomic E-state index is 0.0260. The lowest BCUT2D eigenvalue weighted by atomic mass is 10.1.